The highest BCUT2D eigenvalue weighted by atomic mass is 79.9. The molecule has 1 aromatic rings. The Hall–Kier alpha value is -0.410. The summed E-state index contributed by atoms with van der Waals surface area (Å²) in [5, 5.41) is 7.78. The van der Waals surface area contributed by atoms with Gasteiger partial charge in [-0.2, -0.15) is 0 Å². The zero-order valence-corrected chi connectivity index (χ0v) is 7.33. The number of aliphatic hydroxyl groups excluding tert-OH is 1. The van der Waals surface area contributed by atoms with Crippen molar-refractivity contribution in [2.75, 3.05) is 0 Å². The minimum atomic E-state index is -1.40. The second-order valence-corrected chi connectivity index (χ2v) is 3.06. The summed E-state index contributed by atoms with van der Waals surface area (Å²) < 4.78 is 12.4. The molecule has 0 aromatic heterocycles. The average Bonchev–Trinajstić information content (AvgIpc) is 2.05. The normalized spacial score (nSPS) is 15.9. The van der Waals surface area contributed by atoms with Crippen molar-refractivity contribution in [2.45, 2.75) is 11.2 Å². The second-order valence-electron chi connectivity index (χ2n) is 2.19. The van der Waals surface area contributed by atoms with Crippen LogP contribution in [0.15, 0.2) is 30.3 Å². The van der Waals surface area contributed by atoms with Gasteiger partial charge in [-0.3, -0.25) is 0 Å². The molecule has 1 aromatic carbocycles. The molecule has 1 rings (SSSR count). The van der Waals surface area contributed by atoms with Gasteiger partial charge in [0, 0.05) is 0 Å². The Balaban J connectivity index is 2.77. The SMILES string of the molecule is O[C@H](c1ccccc1)[C@@H](F)Br. The van der Waals surface area contributed by atoms with Crippen LogP contribution in [0.25, 0.3) is 0 Å². The van der Waals surface area contributed by atoms with Gasteiger partial charge in [0.1, 0.15) is 6.10 Å². The predicted octanol–water partition coefficient (Wildman–Crippen LogP) is 2.41. The lowest BCUT2D eigenvalue weighted by molar-refractivity contribution is 0.127. The zero-order chi connectivity index (χ0) is 8.27. The van der Waals surface area contributed by atoms with Gasteiger partial charge in [0.15, 0.2) is 5.08 Å². The quantitative estimate of drug-likeness (QED) is 0.757. The molecule has 0 amide bonds. The van der Waals surface area contributed by atoms with Crippen molar-refractivity contribution < 1.29 is 9.50 Å². The van der Waals surface area contributed by atoms with Crippen molar-refractivity contribution in [3.05, 3.63) is 35.9 Å². The number of rotatable bonds is 2. The summed E-state index contributed by atoms with van der Waals surface area (Å²) in [5.74, 6) is 0. The van der Waals surface area contributed by atoms with E-state index in [1.807, 2.05) is 6.07 Å². The van der Waals surface area contributed by atoms with Gasteiger partial charge in [0.2, 0.25) is 0 Å². The monoisotopic (exact) mass is 218 g/mol. The lowest BCUT2D eigenvalue weighted by Gasteiger charge is -2.09. The van der Waals surface area contributed by atoms with Crippen LogP contribution in [0.3, 0.4) is 0 Å². The number of hydrogen-bond acceptors (Lipinski definition) is 1. The van der Waals surface area contributed by atoms with E-state index < -0.39 is 11.2 Å². The van der Waals surface area contributed by atoms with Crippen LogP contribution in [0.2, 0.25) is 0 Å². The molecule has 0 saturated heterocycles. The Labute approximate surface area is 73.0 Å². The van der Waals surface area contributed by atoms with E-state index in [-0.39, 0.29) is 0 Å². The van der Waals surface area contributed by atoms with Crippen molar-refractivity contribution in [2.24, 2.45) is 0 Å². The molecule has 0 bridgehead atoms. The predicted molar refractivity (Wildman–Crippen MR) is 45.2 cm³/mol. The first-order chi connectivity index (χ1) is 5.22. The standard InChI is InChI=1S/C8H8BrFO/c9-8(10)7(11)6-4-2-1-3-5-6/h1-5,7-8,11H/t7-,8-/m1/s1. The van der Waals surface area contributed by atoms with Gasteiger partial charge in [-0.05, 0) is 21.5 Å². The molecule has 11 heavy (non-hydrogen) atoms. The van der Waals surface area contributed by atoms with Crippen LogP contribution in [0, 0.1) is 0 Å². The van der Waals surface area contributed by atoms with E-state index in [0.717, 1.165) is 0 Å². The van der Waals surface area contributed by atoms with Crippen molar-refractivity contribution in [3.63, 3.8) is 0 Å². The van der Waals surface area contributed by atoms with E-state index in [0.29, 0.717) is 5.56 Å². The van der Waals surface area contributed by atoms with Crippen molar-refractivity contribution >= 4 is 15.9 Å². The number of benzene rings is 1. The van der Waals surface area contributed by atoms with Gasteiger partial charge >= 0.3 is 0 Å². The first kappa shape index (κ1) is 8.68. The molecule has 0 saturated carbocycles. The topological polar surface area (TPSA) is 20.2 Å². The van der Waals surface area contributed by atoms with Crippen LogP contribution in [0.1, 0.15) is 11.7 Å². The third-order valence-corrected chi connectivity index (χ3v) is 1.88. The Kier molecular flexibility index (Phi) is 3.02. The third-order valence-electron chi connectivity index (χ3n) is 1.38. The number of halogens is 2. The third kappa shape index (κ3) is 2.27. The van der Waals surface area contributed by atoms with Gasteiger partial charge in [0.25, 0.3) is 0 Å². The van der Waals surface area contributed by atoms with Crippen LogP contribution >= 0.6 is 15.9 Å². The van der Waals surface area contributed by atoms with E-state index in [1.54, 1.807) is 24.3 Å². The van der Waals surface area contributed by atoms with Crippen LogP contribution in [-0.2, 0) is 0 Å². The molecule has 2 atom stereocenters. The molecule has 0 radical (unpaired) electrons. The van der Waals surface area contributed by atoms with Gasteiger partial charge in [-0.1, -0.05) is 30.3 Å². The molecule has 60 valence electrons. The van der Waals surface area contributed by atoms with Gasteiger partial charge in [-0.25, -0.2) is 4.39 Å². The fourth-order valence-corrected chi connectivity index (χ4v) is 1.10. The van der Waals surface area contributed by atoms with Crippen molar-refractivity contribution in [1.29, 1.82) is 0 Å². The maximum Gasteiger partial charge on any atom is 0.184 e. The number of aliphatic hydroxyl groups is 1. The van der Waals surface area contributed by atoms with E-state index in [2.05, 4.69) is 15.9 Å². The Bertz CT molecular complexity index is 213. The molecule has 3 heteroatoms. The summed E-state index contributed by atoms with van der Waals surface area (Å²) in [7, 11) is 0. The lowest BCUT2D eigenvalue weighted by Crippen LogP contribution is -2.05. The van der Waals surface area contributed by atoms with Gasteiger partial charge < -0.3 is 5.11 Å². The molecule has 0 heterocycles. The molecular weight excluding hydrogens is 211 g/mol. The van der Waals surface area contributed by atoms with E-state index in [1.165, 1.54) is 0 Å². The molecule has 0 aliphatic heterocycles. The van der Waals surface area contributed by atoms with Crippen LogP contribution in [-0.4, -0.2) is 10.2 Å². The highest BCUT2D eigenvalue weighted by Crippen LogP contribution is 2.22. The van der Waals surface area contributed by atoms with Crippen molar-refractivity contribution in [1.82, 2.24) is 0 Å². The number of alkyl halides is 2. The van der Waals surface area contributed by atoms with E-state index in [4.69, 9.17) is 0 Å². The average molecular weight is 219 g/mol. The first-order valence-electron chi connectivity index (χ1n) is 3.23. The minimum Gasteiger partial charge on any atom is -0.384 e. The maximum absolute atomic E-state index is 12.4. The summed E-state index contributed by atoms with van der Waals surface area (Å²) in [5.41, 5.74) is 0.580. The highest BCUT2D eigenvalue weighted by Gasteiger charge is 2.15. The fourth-order valence-electron chi connectivity index (χ4n) is 0.796. The van der Waals surface area contributed by atoms with Gasteiger partial charge in [0.05, 0.1) is 0 Å². The zero-order valence-electron chi connectivity index (χ0n) is 5.74. The summed E-state index contributed by atoms with van der Waals surface area (Å²) >= 11 is 2.66. The lowest BCUT2D eigenvalue weighted by atomic mass is 10.1. The maximum atomic E-state index is 12.4. The summed E-state index contributed by atoms with van der Waals surface area (Å²) in [6.07, 6.45) is -1.07. The summed E-state index contributed by atoms with van der Waals surface area (Å²) in [6, 6.07) is 8.69. The molecule has 0 fully saturated rings. The second kappa shape index (κ2) is 3.83. The molecule has 1 N–H and O–H groups in total. The summed E-state index contributed by atoms with van der Waals surface area (Å²) in [6.45, 7) is 0. The van der Waals surface area contributed by atoms with E-state index in [9.17, 15) is 9.50 Å². The molecule has 0 spiro atoms. The minimum absolute atomic E-state index is 0.580. The molecular formula is C8H8BrFO. The molecule has 0 aliphatic rings. The highest BCUT2D eigenvalue weighted by molar-refractivity contribution is 9.09. The van der Waals surface area contributed by atoms with Crippen LogP contribution in [0.5, 0.6) is 0 Å². The Morgan fingerprint density at radius 3 is 2.27 bits per heavy atom. The molecule has 0 unspecified atom stereocenters. The molecule has 0 aliphatic carbocycles. The van der Waals surface area contributed by atoms with Gasteiger partial charge in [-0.15, -0.1) is 0 Å². The van der Waals surface area contributed by atoms with Crippen LogP contribution in [0.4, 0.5) is 4.39 Å². The molecule has 1 nitrogen and oxygen atoms in total. The Morgan fingerprint density at radius 1 is 1.27 bits per heavy atom. The number of hydrogen-bond donors (Lipinski definition) is 1. The van der Waals surface area contributed by atoms with Crippen LogP contribution < -0.4 is 0 Å². The smallest absolute Gasteiger partial charge is 0.184 e. The fraction of sp³-hybridized carbons (Fsp3) is 0.250. The van der Waals surface area contributed by atoms with Crippen molar-refractivity contribution in [3.8, 4) is 0 Å². The Morgan fingerprint density at radius 2 is 1.82 bits per heavy atom. The van der Waals surface area contributed by atoms with E-state index >= 15 is 0 Å². The largest absolute Gasteiger partial charge is 0.384 e. The summed E-state index contributed by atoms with van der Waals surface area (Å²) in [4.78, 5) is 0. The first-order valence-corrected chi connectivity index (χ1v) is 4.14.